The number of ether oxygens (including phenoxy) is 2. The van der Waals surface area contributed by atoms with E-state index in [0.717, 1.165) is 35.5 Å². The van der Waals surface area contributed by atoms with Crippen LogP contribution < -0.4 is 9.47 Å². The average molecular weight is 388 g/mol. The van der Waals surface area contributed by atoms with Crippen LogP contribution in [0.3, 0.4) is 0 Å². The zero-order chi connectivity index (χ0) is 20.0. The van der Waals surface area contributed by atoms with E-state index in [2.05, 4.69) is 29.0 Å². The molecule has 0 radical (unpaired) electrons. The van der Waals surface area contributed by atoms with Gasteiger partial charge in [0.15, 0.2) is 5.60 Å². The van der Waals surface area contributed by atoms with Crippen molar-refractivity contribution in [3.05, 3.63) is 77.6 Å². The van der Waals surface area contributed by atoms with Gasteiger partial charge in [-0.2, -0.15) is 0 Å². The fourth-order valence-electron chi connectivity index (χ4n) is 4.66. The Labute approximate surface area is 170 Å². The van der Waals surface area contributed by atoms with Gasteiger partial charge in [0.1, 0.15) is 11.5 Å². The maximum Gasteiger partial charge on any atom is 0.257 e. The van der Waals surface area contributed by atoms with E-state index in [4.69, 9.17) is 9.47 Å². The van der Waals surface area contributed by atoms with Gasteiger partial charge in [0.2, 0.25) is 0 Å². The van der Waals surface area contributed by atoms with E-state index in [-0.39, 0.29) is 5.91 Å². The summed E-state index contributed by atoms with van der Waals surface area (Å²) in [6, 6.07) is 18.0. The summed E-state index contributed by atoms with van der Waals surface area (Å²) in [5.41, 5.74) is 3.43. The highest BCUT2D eigenvalue weighted by molar-refractivity contribution is 5.97. The number of methoxy groups -OCH3 is 1. The van der Waals surface area contributed by atoms with Crippen molar-refractivity contribution in [2.75, 3.05) is 20.2 Å². The fraction of sp³-hybridized carbons (Fsp3) is 0.292. The molecule has 1 amide bonds. The lowest BCUT2D eigenvalue weighted by atomic mass is 9.86. The fourth-order valence-corrected chi connectivity index (χ4v) is 4.66. The minimum absolute atomic E-state index is 0.0204. The molecule has 1 spiro atoms. The molecule has 0 atom stereocenters. The molecule has 0 N–H and O–H groups in total. The van der Waals surface area contributed by atoms with Crippen LogP contribution in [0.2, 0.25) is 0 Å². The summed E-state index contributed by atoms with van der Waals surface area (Å²) in [6.07, 6.45) is 3.60. The number of benzene rings is 2. The van der Waals surface area contributed by atoms with Crippen LogP contribution in [0.15, 0.2) is 60.8 Å². The predicted octanol–water partition coefficient (Wildman–Crippen LogP) is 4.32. The number of likely N-dealkylation sites (tertiary alicyclic amines) is 1. The van der Waals surface area contributed by atoms with Crippen LogP contribution in [-0.4, -0.2) is 35.6 Å². The third kappa shape index (κ3) is 2.72. The topological polar surface area (TPSA) is 43.7 Å². The quantitative estimate of drug-likeness (QED) is 0.657. The third-order valence-electron chi connectivity index (χ3n) is 6.15. The summed E-state index contributed by atoms with van der Waals surface area (Å²) >= 11 is 0. The molecule has 5 nitrogen and oxygen atoms in total. The third-order valence-corrected chi connectivity index (χ3v) is 6.15. The van der Waals surface area contributed by atoms with E-state index in [1.807, 2.05) is 48.2 Å². The minimum atomic E-state index is -0.397. The van der Waals surface area contributed by atoms with Crippen molar-refractivity contribution in [2.24, 2.45) is 0 Å². The molecule has 5 heteroatoms. The van der Waals surface area contributed by atoms with E-state index in [0.29, 0.717) is 24.4 Å². The number of nitrogens with zero attached hydrogens (tertiary/aromatic N) is 2. The number of aryl methyl sites for hydroxylation is 1. The molecule has 148 valence electrons. The van der Waals surface area contributed by atoms with E-state index in [9.17, 15) is 4.79 Å². The summed E-state index contributed by atoms with van der Waals surface area (Å²) < 4.78 is 14.3. The molecule has 0 saturated carbocycles. The smallest absolute Gasteiger partial charge is 0.257 e. The monoisotopic (exact) mass is 388 g/mol. The Hall–Kier alpha value is -3.21. The molecule has 0 unspecified atom stereocenters. The van der Waals surface area contributed by atoms with Gasteiger partial charge in [-0.25, -0.2) is 0 Å². The number of piperidine rings is 1. The first kappa shape index (κ1) is 17.9. The number of fused-ring (bicyclic) bond motifs is 4. The maximum absolute atomic E-state index is 13.2. The standard InChI is InChI=1S/C24H24N2O3/c1-17-7-5-8-18(22(17)28-2)23(27)25-15-12-24(13-16-25)21-11-6-14-26(21)19-9-3-4-10-20(19)29-24/h3-11,14H,12-13,15-16H2,1-2H3. The lowest BCUT2D eigenvalue weighted by Gasteiger charge is -2.45. The molecule has 5 rings (SSSR count). The van der Waals surface area contributed by atoms with E-state index < -0.39 is 5.60 Å². The first-order chi connectivity index (χ1) is 14.1. The van der Waals surface area contributed by atoms with Gasteiger partial charge < -0.3 is 18.9 Å². The first-order valence-corrected chi connectivity index (χ1v) is 10.0. The predicted molar refractivity (Wildman–Crippen MR) is 111 cm³/mol. The molecule has 3 aromatic rings. The van der Waals surface area contributed by atoms with Gasteiger partial charge in [0, 0.05) is 32.1 Å². The molecule has 0 aliphatic carbocycles. The molecular weight excluding hydrogens is 364 g/mol. The second-order valence-corrected chi connectivity index (χ2v) is 7.78. The maximum atomic E-state index is 13.2. The van der Waals surface area contributed by atoms with Crippen LogP contribution >= 0.6 is 0 Å². The van der Waals surface area contributed by atoms with Gasteiger partial charge in [0.25, 0.3) is 5.91 Å². The van der Waals surface area contributed by atoms with Crippen molar-refractivity contribution in [3.63, 3.8) is 0 Å². The highest BCUT2D eigenvalue weighted by Crippen LogP contribution is 2.45. The van der Waals surface area contributed by atoms with Gasteiger partial charge in [-0.3, -0.25) is 4.79 Å². The number of aromatic nitrogens is 1. The molecule has 2 aliphatic rings. The van der Waals surface area contributed by atoms with Crippen molar-refractivity contribution >= 4 is 5.91 Å². The average Bonchev–Trinajstić information content (AvgIpc) is 3.25. The molecule has 2 aliphatic heterocycles. The zero-order valence-corrected chi connectivity index (χ0v) is 16.7. The molecule has 3 heterocycles. The van der Waals surface area contributed by atoms with Crippen LogP contribution in [0.25, 0.3) is 5.69 Å². The van der Waals surface area contributed by atoms with Gasteiger partial charge in [0.05, 0.1) is 24.1 Å². The van der Waals surface area contributed by atoms with Crippen LogP contribution in [0.4, 0.5) is 0 Å². The van der Waals surface area contributed by atoms with Gasteiger partial charge >= 0.3 is 0 Å². The Bertz CT molecular complexity index is 1080. The van der Waals surface area contributed by atoms with Gasteiger partial charge in [-0.1, -0.05) is 24.3 Å². The zero-order valence-electron chi connectivity index (χ0n) is 16.7. The number of rotatable bonds is 2. The van der Waals surface area contributed by atoms with E-state index in [1.54, 1.807) is 7.11 Å². The van der Waals surface area contributed by atoms with Crippen molar-refractivity contribution in [2.45, 2.75) is 25.4 Å². The Morgan fingerprint density at radius 1 is 1.03 bits per heavy atom. The lowest BCUT2D eigenvalue weighted by Crippen LogP contribution is -2.50. The molecule has 2 aromatic carbocycles. The number of hydrogen-bond donors (Lipinski definition) is 0. The Balaban J connectivity index is 1.42. The van der Waals surface area contributed by atoms with Gasteiger partial charge in [-0.15, -0.1) is 0 Å². The minimum Gasteiger partial charge on any atom is -0.496 e. The van der Waals surface area contributed by atoms with Crippen molar-refractivity contribution in [1.82, 2.24) is 9.47 Å². The number of amides is 1. The summed E-state index contributed by atoms with van der Waals surface area (Å²) in [5, 5.41) is 0. The largest absolute Gasteiger partial charge is 0.496 e. The van der Waals surface area contributed by atoms with Crippen LogP contribution in [0.5, 0.6) is 11.5 Å². The molecular formula is C24H24N2O3. The van der Waals surface area contributed by atoms with Gasteiger partial charge in [-0.05, 0) is 42.8 Å². The number of carbonyl (C=O) groups excluding carboxylic acids is 1. The highest BCUT2D eigenvalue weighted by Gasteiger charge is 2.44. The summed E-state index contributed by atoms with van der Waals surface area (Å²) in [7, 11) is 1.62. The summed E-state index contributed by atoms with van der Waals surface area (Å²) in [5.74, 6) is 1.58. The Morgan fingerprint density at radius 3 is 2.62 bits per heavy atom. The summed E-state index contributed by atoms with van der Waals surface area (Å²) in [6.45, 7) is 3.24. The van der Waals surface area contributed by atoms with Crippen LogP contribution in [0, 0.1) is 6.92 Å². The van der Waals surface area contributed by atoms with Crippen molar-refractivity contribution in [3.8, 4) is 17.2 Å². The van der Waals surface area contributed by atoms with Crippen molar-refractivity contribution < 1.29 is 14.3 Å². The second kappa shape index (κ2) is 6.69. The summed E-state index contributed by atoms with van der Waals surface area (Å²) in [4.78, 5) is 15.1. The first-order valence-electron chi connectivity index (χ1n) is 10.0. The van der Waals surface area contributed by atoms with E-state index in [1.165, 1.54) is 0 Å². The molecule has 0 bridgehead atoms. The van der Waals surface area contributed by atoms with Crippen LogP contribution in [-0.2, 0) is 5.60 Å². The lowest BCUT2D eigenvalue weighted by molar-refractivity contribution is -0.00937. The number of hydrogen-bond acceptors (Lipinski definition) is 3. The molecule has 1 aromatic heterocycles. The second-order valence-electron chi connectivity index (χ2n) is 7.78. The normalized spacial score (nSPS) is 16.7. The Morgan fingerprint density at radius 2 is 1.83 bits per heavy atom. The molecule has 1 fully saturated rings. The number of carbonyl (C=O) groups is 1. The number of para-hydroxylation sites is 3. The molecule has 1 saturated heterocycles. The van der Waals surface area contributed by atoms with Crippen molar-refractivity contribution in [1.29, 1.82) is 0 Å². The Kier molecular flexibility index (Phi) is 4.12. The highest BCUT2D eigenvalue weighted by atomic mass is 16.5. The SMILES string of the molecule is COc1c(C)cccc1C(=O)N1CCC2(CC1)Oc1ccccc1-n1cccc12. The van der Waals surface area contributed by atoms with Crippen LogP contribution in [0.1, 0.15) is 34.5 Å². The van der Waals surface area contributed by atoms with E-state index >= 15 is 0 Å². The molecule has 29 heavy (non-hydrogen) atoms.